The summed E-state index contributed by atoms with van der Waals surface area (Å²) >= 11 is 1.91. The number of hydrogen-bond acceptors (Lipinski definition) is 5. The third-order valence-electron chi connectivity index (χ3n) is 3.11. The van der Waals surface area contributed by atoms with Gasteiger partial charge >= 0.3 is 0 Å². The summed E-state index contributed by atoms with van der Waals surface area (Å²) in [5, 5.41) is 9.55. The van der Waals surface area contributed by atoms with E-state index in [1.807, 2.05) is 11.8 Å². The van der Waals surface area contributed by atoms with E-state index in [0.29, 0.717) is 24.7 Å². The smallest absolute Gasteiger partial charge is 0.157 e. The van der Waals surface area contributed by atoms with Gasteiger partial charge in [0.15, 0.2) is 6.29 Å². The van der Waals surface area contributed by atoms with E-state index >= 15 is 0 Å². The van der Waals surface area contributed by atoms with E-state index in [9.17, 15) is 9.90 Å². The summed E-state index contributed by atoms with van der Waals surface area (Å²) in [6, 6.07) is 5.22. The molecule has 5 heteroatoms. The highest BCUT2D eigenvalue weighted by Gasteiger charge is 2.20. The average molecular weight is 267 g/mol. The maximum Gasteiger partial charge on any atom is 0.157 e. The number of likely N-dealkylation sites (N-methyl/N-ethyl adjacent to an activating group) is 1. The Kier molecular flexibility index (Phi) is 4.49. The first-order valence-electron chi connectivity index (χ1n) is 5.90. The lowest BCUT2D eigenvalue weighted by molar-refractivity contribution is 0.111. The Hall–Kier alpha value is -1.20. The van der Waals surface area contributed by atoms with Gasteiger partial charge < -0.3 is 9.84 Å². The number of carbonyl (C=O) groups excluding carboxylic acids is 1. The molecule has 1 fully saturated rings. The van der Waals surface area contributed by atoms with Gasteiger partial charge in [0.1, 0.15) is 18.1 Å². The minimum Gasteiger partial charge on any atom is -0.507 e. The molecule has 18 heavy (non-hydrogen) atoms. The Morgan fingerprint density at radius 3 is 3.17 bits per heavy atom. The monoisotopic (exact) mass is 267 g/mol. The van der Waals surface area contributed by atoms with Crippen LogP contribution in [0.1, 0.15) is 10.4 Å². The van der Waals surface area contributed by atoms with Crippen LogP contribution in [0.15, 0.2) is 18.2 Å². The molecule has 0 amide bonds. The largest absolute Gasteiger partial charge is 0.507 e. The zero-order chi connectivity index (χ0) is 13.0. The van der Waals surface area contributed by atoms with Crippen LogP contribution in [0.25, 0.3) is 0 Å². The van der Waals surface area contributed by atoms with E-state index in [-0.39, 0.29) is 11.3 Å². The molecule has 1 N–H and O–H groups in total. The summed E-state index contributed by atoms with van der Waals surface area (Å²) in [4.78, 5) is 13.2. The number of carbonyl (C=O) groups is 1. The van der Waals surface area contributed by atoms with Crippen LogP contribution in [0.4, 0.5) is 0 Å². The Balaban J connectivity index is 2.01. The number of hydrogen-bond donors (Lipinski definition) is 1. The molecule has 98 valence electrons. The molecule has 1 unspecified atom stereocenters. The van der Waals surface area contributed by atoms with E-state index in [1.165, 1.54) is 6.07 Å². The molecular weight excluding hydrogens is 250 g/mol. The third kappa shape index (κ3) is 2.97. The minimum atomic E-state index is -0.0335. The molecule has 0 bridgehead atoms. The van der Waals surface area contributed by atoms with Gasteiger partial charge in [0.2, 0.25) is 0 Å². The highest BCUT2D eigenvalue weighted by molar-refractivity contribution is 7.99. The van der Waals surface area contributed by atoms with Gasteiger partial charge in [-0.3, -0.25) is 9.69 Å². The minimum absolute atomic E-state index is 0.0335. The quantitative estimate of drug-likeness (QED) is 0.840. The topological polar surface area (TPSA) is 49.8 Å². The van der Waals surface area contributed by atoms with Gasteiger partial charge in [-0.25, -0.2) is 0 Å². The maximum absolute atomic E-state index is 10.9. The molecule has 2 rings (SSSR count). The number of phenolic OH excluding ortho intramolecular Hbond substituents is 1. The van der Waals surface area contributed by atoms with Crippen LogP contribution in [0.2, 0.25) is 0 Å². The summed E-state index contributed by atoms with van der Waals surface area (Å²) in [5.41, 5.74) is 0.226. The molecule has 0 aliphatic carbocycles. The second-order valence-electron chi connectivity index (χ2n) is 4.33. The first kappa shape index (κ1) is 13.2. The average Bonchev–Trinajstić information content (AvgIpc) is 2.38. The van der Waals surface area contributed by atoms with Crippen molar-refractivity contribution < 1.29 is 14.6 Å². The van der Waals surface area contributed by atoms with E-state index in [1.54, 1.807) is 12.1 Å². The molecule has 0 spiro atoms. The summed E-state index contributed by atoms with van der Waals surface area (Å²) < 4.78 is 5.67. The number of benzene rings is 1. The fraction of sp³-hybridized carbons (Fsp3) is 0.462. The van der Waals surface area contributed by atoms with Crippen LogP contribution in [-0.2, 0) is 0 Å². The molecule has 1 aromatic rings. The Labute approximate surface area is 111 Å². The lowest BCUT2D eigenvalue weighted by Crippen LogP contribution is -2.43. The standard InChI is InChI=1S/C13H17NO3S/c1-14-5-6-18-9-10(14)8-17-13-4-2-3-12(16)11(13)7-15/h2-4,7,10,16H,5-6,8-9H2,1H3. The van der Waals surface area contributed by atoms with Crippen LogP contribution < -0.4 is 4.74 Å². The fourth-order valence-corrected chi connectivity index (χ4v) is 3.08. The lowest BCUT2D eigenvalue weighted by atomic mass is 10.2. The van der Waals surface area contributed by atoms with Gasteiger partial charge in [0, 0.05) is 18.1 Å². The molecule has 4 nitrogen and oxygen atoms in total. The predicted molar refractivity (Wildman–Crippen MR) is 72.7 cm³/mol. The van der Waals surface area contributed by atoms with Crippen molar-refractivity contribution in [3.05, 3.63) is 23.8 Å². The lowest BCUT2D eigenvalue weighted by Gasteiger charge is -2.31. The van der Waals surface area contributed by atoms with Gasteiger partial charge in [0.05, 0.1) is 11.6 Å². The first-order chi connectivity index (χ1) is 8.72. The second-order valence-corrected chi connectivity index (χ2v) is 5.48. The molecule has 1 saturated heterocycles. The van der Waals surface area contributed by atoms with Crippen LogP contribution in [0.3, 0.4) is 0 Å². The first-order valence-corrected chi connectivity index (χ1v) is 7.05. The van der Waals surface area contributed by atoms with Crippen LogP contribution in [0.5, 0.6) is 11.5 Å². The SMILES string of the molecule is CN1CCSCC1COc1cccc(O)c1C=O. The Morgan fingerprint density at radius 2 is 2.44 bits per heavy atom. The number of thioether (sulfide) groups is 1. The highest BCUT2D eigenvalue weighted by atomic mass is 32.2. The van der Waals surface area contributed by atoms with Crippen molar-refractivity contribution in [2.75, 3.05) is 31.7 Å². The number of ether oxygens (including phenoxy) is 1. The fourth-order valence-electron chi connectivity index (χ4n) is 1.88. The number of rotatable bonds is 4. The third-order valence-corrected chi connectivity index (χ3v) is 4.21. The van der Waals surface area contributed by atoms with E-state index < -0.39 is 0 Å². The summed E-state index contributed by atoms with van der Waals surface area (Å²) in [6.45, 7) is 1.59. The van der Waals surface area contributed by atoms with Crippen molar-refractivity contribution in [3.8, 4) is 11.5 Å². The number of nitrogens with zero attached hydrogens (tertiary/aromatic N) is 1. The van der Waals surface area contributed by atoms with Crippen molar-refractivity contribution in [1.82, 2.24) is 4.90 Å². The highest BCUT2D eigenvalue weighted by Crippen LogP contribution is 2.26. The molecule has 1 heterocycles. The molecule has 0 aromatic heterocycles. The van der Waals surface area contributed by atoms with Gasteiger partial charge in [-0.1, -0.05) is 6.07 Å². The number of aromatic hydroxyl groups is 1. The molecule has 1 aliphatic heterocycles. The van der Waals surface area contributed by atoms with Crippen molar-refractivity contribution in [3.63, 3.8) is 0 Å². The number of aldehydes is 1. The van der Waals surface area contributed by atoms with Crippen LogP contribution >= 0.6 is 11.8 Å². The predicted octanol–water partition coefficient (Wildman–Crippen LogP) is 1.63. The molecule has 0 radical (unpaired) electrons. The summed E-state index contributed by atoms with van der Waals surface area (Å²) in [5.74, 6) is 2.60. The van der Waals surface area contributed by atoms with Gasteiger partial charge in [-0.15, -0.1) is 0 Å². The number of phenols is 1. The zero-order valence-corrected chi connectivity index (χ0v) is 11.2. The molecule has 1 aliphatic rings. The zero-order valence-electron chi connectivity index (χ0n) is 10.3. The molecule has 1 aromatic carbocycles. The van der Waals surface area contributed by atoms with Crippen molar-refractivity contribution in [1.29, 1.82) is 0 Å². The van der Waals surface area contributed by atoms with Crippen LogP contribution in [0, 0.1) is 0 Å². The van der Waals surface area contributed by atoms with E-state index in [2.05, 4.69) is 11.9 Å². The van der Waals surface area contributed by atoms with Gasteiger partial charge in [-0.05, 0) is 19.2 Å². The van der Waals surface area contributed by atoms with E-state index in [4.69, 9.17) is 4.74 Å². The van der Waals surface area contributed by atoms with Gasteiger partial charge in [-0.2, -0.15) is 11.8 Å². The molecular formula is C13H17NO3S. The van der Waals surface area contributed by atoms with Crippen molar-refractivity contribution in [2.45, 2.75) is 6.04 Å². The normalized spacial score (nSPS) is 20.6. The Morgan fingerprint density at radius 1 is 1.61 bits per heavy atom. The van der Waals surface area contributed by atoms with Crippen molar-refractivity contribution in [2.24, 2.45) is 0 Å². The van der Waals surface area contributed by atoms with Crippen molar-refractivity contribution >= 4 is 18.0 Å². The molecule has 0 saturated carbocycles. The maximum atomic E-state index is 10.9. The van der Waals surface area contributed by atoms with Crippen LogP contribution in [-0.4, -0.2) is 54.0 Å². The summed E-state index contributed by atoms with van der Waals surface area (Å²) in [6.07, 6.45) is 0.629. The van der Waals surface area contributed by atoms with Gasteiger partial charge in [0.25, 0.3) is 0 Å². The van der Waals surface area contributed by atoms with E-state index in [0.717, 1.165) is 18.1 Å². The second kappa shape index (κ2) is 6.11. The summed E-state index contributed by atoms with van der Waals surface area (Å²) in [7, 11) is 2.08. The Bertz CT molecular complexity index is 425. The molecule has 1 atom stereocenters.